The quantitative estimate of drug-likeness (QED) is 0.752. The Morgan fingerprint density at radius 3 is 2.50 bits per heavy atom. The summed E-state index contributed by atoms with van der Waals surface area (Å²) in [5.74, 6) is -1.02. The Bertz CT molecular complexity index is 917. The van der Waals surface area contributed by atoms with Crippen LogP contribution in [0.4, 0.5) is 14.5 Å². The van der Waals surface area contributed by atoms with E-state index >= 15 is 0 Å². The maximum absolute atomic E-state index is 12.7. The summed E-state index contributed by atoms with van der Waals surface area (Å²) in [6, 6.07) is 6.69. The molecule has 2 aromatic rings. The van der Waals surface area contributed by atoms with Gasteiger partial charge in [0.2, 0.25) is 6.79 Å². The second-order valence-electron chi connectivity index (χ2n) is 5.44. The van der Waals surface area contributed by atoms with Crippen molar-refractivity contribution >= 4 is 17.6 Å². The van der Waals surface area contributed by atoms with Gasteiger partial charge in [0, 0.05) is 17.7 Å². The molecule has 8 nitrogen and oxygen atoms in total. The fourth-order valence-electron chi connectivity index (χ4n) is 2.52. The molecule has 0 saturated heterocycles. The van der Waals surface area contributed by atoms with Crippen molar-refractivity contribution in [3.05, 3.63) is 41.5 Å². The molecule has 1 aliphatic heterocycles. The summed E-state index contributed by atoms with van der Waals surface area (Å²) in [6.45, 7) is -3.09. The predicted molar refractivity (Wildman–Crippen MR) is 91.5 cm³/mol. The van der Waals surface area contributed by atoms with Gasteiger partial charge in [0.1, 0.15) is 0 Å². The lowest BCUT2D eigenvalue weighted by Gasteiger charge is -2.15. The third kappa shape index (κ3) is 3.90. The standard InChI is InChI=1S/C18H15F2NO7/c1-24-13-6-10(17(23)25-2)11(7-15(13)28-18(19)20)21-16(22)9-3-4-12-14(5-9)27-8-26-12/h3-7,18H,8H2,1-2H3,(H,21,22). The van der Waals surface area contributed by atoms with Crippen LogP contribution < -0.4 is 24.3 Å². The molecule has 148 valence electrons. The van der Waals surface area contributed by atoms with E-state index in [0.29, 0.717) is 11.5 Å². The summed E-state index contributed by atoms with van der Waals surface area (Å²) < 4.78 is 49.8. The second kappa shape index (κ2) is 7.99. The van der Waals surface area contributed by atoms with Gasteiger partial charge in [0.05, 0.1) is 25.5 Å². The summed E-state index contributed by atoms with van der Waals surface area (Å²) >= 11 is 0. The first kappa shape index (κ1) is 19.2. The molecule has 0 spiro atoms. The van der Waals surface area contributed by atoms with Gasteiger partial charge in [-0.25, -0.2) is 4.79 Å². The zero-order valence-electron chi connectivity index (χ0n) is 14.8. The van der Waals surface area contributed by atoms with Crippen LogP contribution in [0.1, 0.15) is 20.7 Å². The summed E-state index contributed by atoms with van der Waals surface area (Å²) in [7, 11) is 2.36. The Labute approximate surface area is 157 Å². The molecule has 1 aliphatic rings. The van der Waals surface area contributed by atoms with Crippen molar-refractivity contribution in [3.8, 4) is 23.0 Å². The van der Waals surface area contributed by atoms with Crippen LogP contribution in [0.15, 0.2) is 30.3 Å². The Kier molecular flexibility index (Phi) is 5.48. The van der Waals surface area contributed by atoms with Gasteiger partial charge in [-0.05, 0) is 18.2 Å². The van der Waals surface area contributed by atoms with E-state index in [1.54, 1.807) is 6.07 Å². The number of nitrogens with one attached hydrogen (secondary N) is 1. The normalized spacial score (nSPS) is 11.9. The molecule has 0 saturated carbocycles. The van der Waals surface area contributed by atoms with Crippen LogP contribution in [-0.2, 0) is 4.74 Å². The number of hydrogen-bond acceptors (Lipinski definition) is 7. The number of anilines is 1. The summed E-state index contributed by atoms with van der Waals surface area (Å²) in [5.41, 5.74) is 0.00763. The molecule has 0 fully saturated rings. The lowest BCUT2D eigenvalue weighted by molar-refractivity contribution is -0.0511. The zero-order chi connectivity index (χ0) is 20.3. The molecule has 0 aliphatic carbocycles. The molecule has 10 heteroatoms. The lowest BCUT2D eigenvalue weighted by atomic mass is 10.1. The van der Waals surface area contributed by atoms with Gasteiger partial charge in [0.25, 0.3) is 5.91 Å². The van der Waals surface area contributed by atoms with E-state index in [1.807, 2.05) is 0 Å². The van der Waals surface area contributed by atoms with Gasteiger partial charge in [-0.3, -0.25) is 4.79 Å². The number of carbonyl (C=O) groups excluding carboxylic acids is 2. The van der Waals surface area contributed by atoms with Gasteiger partial charge in [-0.15, -0.1) is 0 Å². The van der Waals surface area contributed by atoms with Crippen LogP contribution in [0.2, 0.25) is 0 Å². The van der Waals surface area contributed by atoms with E-state index < -0.39 is 18.5 Å². The van der Waals surface area contributed by atoms with E-state index in [9.17, 15) is 18.4 Å². The first-order chi connectivity index (χ1) is 13.4. The first-order valence-electron chi connectivity index (χ1n) is 7.89. The average Bonchev–Trinajstić information content (AvgIpc) is 3.15. The molecule has 0 unspecified atom stereocenters. The minimum absolute atomic E-state index is 0.0414. The third-order valence-electron chi connectivity index (χ3n) is 3.81. The Hall–Kier alpha value is -3.56. The number of rotatable bonds is 6. The molecule has 0 bridgehead atoms. The number of fused-ring (bicyclic) bond motifs is 1. The van der Waals surface area contributed by atoms with Crippen LogP contribution in [-0.4, -0.2) is 39.5 Å². The Morgan fingerprint density at radius 2 is 1.82 bits per heavy atom. The van der Waals surface area contributed by atoms with Crippen LogP contribution in [0.3, 0.4) is 0 Å². The monoisotopic (exact) mass is 395 g/mol. The molecular weight excluding hydrogens is 380 g/mol. The van der Waals surface area contributed by atoms with Crippen LogP contribution in [0.25, 0.3) is 0 Å². The molecule has 3 rings (SSSR count). The number of halogens is 2. The average molecular weight is 395 g/mol. The van der Waals surface area contributed by atoms with Gasteiger partial charge in [0.15, 0.2) is 23.0 Å². The smallest absolute Gasteiger partial charge is 0.387 e. The molecule has 2 aromatic carbocycles. The predicted octanol–water partition coefficient (Wildman–Crippen LogP) is 3.06. The van der Waals surface area contributed by atoms with Crippen LogP contribution in [0.5, 0.6) is 23.0 Å². The number of amides is 1. The van der Waals surface area contributed by atoms with E-state index in [1.165, 1.54) is 19.2 Å². The highest BCUT2D eigenvalue weighted by Crippen LogP contribution is 2.36. The Balaban J connectivity index is 1.96. The molecule has 0 atom stereocenters. The van der Waals surface area contributed by atoms with Crippen molar-refractivity contribution in [1.82, 2.24) is 0 Å². The Morgan fingerprint density at radius 1 is 1.07 bits per heavy atom. The van der Waals surface area contributed by atoms with Crippen molar-refractivity contribution in [2.75, 3.05) is 26.3 Å². The van der Waals surface area contributed by atoms with Gasteiger partial charge >= 0.3 is 12.6 Å². The number of methoxy groups -OCH3 is 2. The summed E-state index contributed by atoms with van der Waals surface area (Å²) in [4.78, 5) is 24.6. The third-order valence-corrected chi connectivity index (χ3v) is 3.81. The highest BCUT2D eigenvalue weighted by atomic mass is 19.3. The molecule has 0 radical (unpaired) electrons. The molecular formula is C18H15F2NO7. The van der Waals surface area contributed by atoms with Crippen molar-refractivity contribution in [3.63, 3.8) is 0 Å². The van der Waals surface area contributed by atoms with E-state index in [4.69, 9.17) is 14.2 Å². The number of hydrogen-bond donors (Lipinski definition) is 1. The summed E-state index contributed by atoms with van der Waals surface area (Å²) in [5, 5.41) is 2.48. The van der Waals surface area contributed by atoms with Gasteiger partial charge in [-0.2, -0.15) is 8.78 Å². The highest BCUT2D eigenvalue weighted by Gasteiger charge is 2.22. The summed E-state index contributed by atoms with van der Waals surface area (Å²) in [6.07, 6.45) is 0. The SMILES string of the molecule is COC(=O)c1cc(OC)c(OC(F)F)cc1NC(=O)c1ccc2c(c1)OCO2. The maximum atomic E-state index is 12.7. The molecule has 1 amide bonds. The van der Waals surface area contributed by atoms with E-state index in [2.05, 4.69) is 14.8 Å². The molecule has 1 N–H and O–H groups in total. The van der Waals surface area contributed by atoms with Crippen molar-refractivity contribution in [2.24, 2.45) is 0 Å². The first-order valence-corrected chi connectivity index (χ1v) is 7.89. The number of benzene rings is 2. The van der Waals surface area contributed by atoms with E-state index in [-0.39, 0.29) is 35.1 Å². The maximum Gasteiger partial charge on any atom is 0.387 e. The highest BCUT2D eigenvalue weighted by molar-refractivity contribution is 6.08. The van der Waals surface area contributed by atoms with Gasteiger partial charge in [-0.1, -0.05) is 0 Å². The number of carbonyl (C=O) groups is 2. The van der Waals surface area contributed by atoms with Crippen molar-refractivity contribution in [2.45, 2.75) is 6.61 Å². The zero-order valence-corrected chi connectivity index (χ0v) is 14.8. The number of ether oxygens (including phenoxy) is 5. The number of alkyl halides is 2. The fourth-order valence-corrected chi connectivity index (χ4v) is 2.52. The van der Waals surface area contributed by atoms with Crippen molar-refractivity contribution < 1.29 is 42.1 Å². The molecule has 0 aromatic heterocycles. The van der Waals surface area contributed by atoms with Crippen molar-refractivity contribution in [1.29, 1.82) is 0 Å². The number of esters is 1. The topological polar surface area (TPSA) is 92.3 Å². The minimum Gasteiger partial charge on any atom is -0.493 e. The molecule has 28 heavy (non-hydrogen) atoms. The molecule has 1 heterocycles. The minimum atomic E-state index is -3.13. The fraction of sp³-hybridized carbons (Fsp3) is 0.222. The van der Waals surface area contributed by atoms with Crippen LogP contribution >= 0.6 is 0 Å². The van der Waals surface area contributed by atoms with Crippen LogP contribution in [0, 0.1) is 0 Å². The largest absolute Gasteiger partial charge is 0.493 e. The van der Waals surface area contributed by atoms with Gasteiger partial charge < -0.3 is 29.0 Å². The second-order valence-corrected chi connectivity index (χ2v) is 5.44. The lowest BCUT2D eigenvalue weighted by Crippen LogP contribution is -2.16. The van der Waals surface area contributed by atoms with E-state index in [0.717, 1.165) is 19.2 Å².